The standard InChI is InChI=1S/C19H22N4O3S/c20-17(12-14-6-2-1-3-7-14)19(24)22-15-8-4-9-16(13-15)27(25,26)23-18-10-5-11-21-18/h1-4,6-9,13,17H,5,10-12,20H2,(H,21,23)(H,22,24)/t17-/m0/s1. The van der Waals surface area contributed by atoms with Crippen LogP contribution in [0.25, 0.3) is 0 Å². The first-order valence-corrected chi connectivity index (χ1v) is 10.2. The van der Waals surface area contributed by atoms with Gasteiger partial charge in [-0.3, -0.25) is 14.5 Å². The van der Waals surface area contributed by atoms with Gasteiger partial charge in [0.05, 0.1) is 10.9 Å². The van der Waals surface area contributed by atoms with Gasteiger partial charge in [0.2, 0.25) is 5.91 Å². The van der Waals surface area contributed by atoms with E-state index < -0.39 is 16.1 Å². The van der Waals surface area contributed by atoms with E-state index in [4.69, 9.17) is 5.73 Å². The maximum atomic E-state index is 12.5. The van der Waals surface area contributed by atoms with Gasteiger partial charge in [0.25, 0.3) is 10.0 Å². The minimum atomic E-state index is -3.73. The fourth-order valence-corrected chi connectivity index (χ4v) is 3.91. The third-order valence-electron chi connectivity index (χ3n) is 4.17. The average molecular weight is 386 g/mol. The summed E-state index contributed by atoms with van der Waals surface area (Å²) in [5, 5.41) is 2.68. The molecule has 142 valence electrons. The van der Waals surface area contributed by atoms with E-state index >= 15 is 0 Å². The largest absolute Gasteiger partial charge is 0.325 e. The van der Waals surface area contributed by atoms with Crippen molar-refractivity contribution in [2.24, 2.45) is 10.7 Å². The number of amides is 1. The van der Waals surface area contributed by atoms with Gasteiger partial charge in [-0.1, -0.05) is 36.4 Å². The molecule has 3 rings (SSSR count). The number of nitrogens with zero attached hydrogens (tertiary/aromatic N) is 1. The number of rotatable bonds is 6. The van der Waals surface area contributed by atoms with Crippen LogP contribution in [-0.2, 0) is 21.2 Å². The Morgan fingerprint density at radius 1 is 1.15 bits per heavy atom. The monoisotopic (exact) mass is 386 g/mol. The van der Waals surface area contributed by atoms with Crippen molar-refractivity contribution in [3.8, 4) is 0 Å². The lowest BCUT2D eigenvalue weighted by molar-refractivity contribution is -0.117. The molecular formula is C19H22N4O3S. The Hall–Kier alpha value is -2.71. The molecule has 1 aliphatic rings. The van der Waals surface area contributed by atoms with Gasteiger partial charge in [-0.25, -0.2) is 8.42 Å². The summed E-state index contributed by atoms with van der Waals surface area (Å²) in [5.74, 6) is 0.0934. The van der Waals surface area contributed by atoms with E-state index in [1.807, 2.05) is 30.3 Å². The third-order valence-corrected chi connectivity index (χ3v) is 5.55. The second-order valence-corrected chi connectivity index (χ2v) is 8.03. The lowest BCUT2D eigenvalue weighted by Crippen LogP contribution is -2.37. The van der Waals surface area contributed by atoms with Crippen LogP contribution in [0, 0.1) is 0 Å². The summed E-state index contributed by atoms with van der Waals surface area (Å²) in [6, 6.07) is 14.8. The van der Waals surface area contributed by atoms with Crippen LogP contribution in [0.15, 0.2) is 64.5 Å². The lowest BCUT2D eigenvalue weighted by Gasteiger charge is -2.13. The quantitative estimate of drug-likeness (QED) is 0.700. The maximum absolute atomic E-state index is 12.5. The number of nitrogens with two attached hydrogens (primary N) is 1. The zero-order valence-corrected chi connectivity index (χ0v) is 15.6. The molecule has 0 saturated carbocycles. The second kappa shape index (κ2) is 8.32. The first kappa shape index (κ1) is 19.1. The minimum absolute atomic E-state index is 0.0616. The molecule has 0 saturated heterocycles. The van der Waals surface area contributed by atoms with Gasteiger partial charge in [0.1, 0.15) is 5.84 Å². The Morgan fingerprint density at radius 2 is 1.93 bits per heavy atom. The number of sulfonamides is 1. The van der Waals surface area contributed by atoms with Crippen molar-refractivity contribution in [2.75, 3.05) is 11.9 Å². The topological polar surface area (TPSA) is 114 Å². The van der Waals surface area contributed by atoms with Crippen molar-refractivity contribution < 1.29 is 13.2 Å². The molecule has 0 spiro atoms. The van der Waals surface area contributed by atoms with E-state index in [0.717, 1.165) is 12.0 Å². The van der Waals surface area contributed by atoms with Crippen molar-refractivity contribution in [3.05, 3.63) is 60.2 Å². The van der Waals surface area contributed by atoms with Gasteiger partial charge < -0.3 is 11.1 Å². The summed E-state index contributed by atoms with van der Waals surface area (Å²) in [6.07, 6.45) is 1.85. The first-order chi connectivity index (χ1) is 12.9. The summed E-state index contributed by atoms with van der Waals surface area (Å²) < 4.78 is 27.4. The number of aliphatic imine (C=N–C) groups is 1. The van der Waals surface area contributed by atoms with E-state index in [9.17, 15) is 13.2 Å². The fourth-order valence-electron chi connectivity index (χ4n) is 2.77. The van der Waals surface area contributed by atoms with Gasteiger partial charge in [-0.2, -0.15) is 0 Å². The molecule has 2 aromatic rings. The molecule has 0 fully saturated rings. The van der Waals surface area contributed by atoms with Crippen molar-refractivity contribution in [1.29, 1.82) is 0 Å². The van der Waals surface area contributed by atoms with Crippen LogP contribution in [0.3, 0.4) is 0 Å². The SMILES string of the molecule is N[C@@H](Cc1ccccc1)C(=O)Nc1cccc(S(=O)(=O)NC2=NCCC2)c1. The van der Waals surface area contributed by atoms with Crippen LogP contribution < -0.4 is 15.8 Å². The number of hydrogen-bond acceptors (Lipinski definition) is 5. The van der Waals surface area contributed by atoms with Gasteiger partial charge in [0.15, 0.2) is 0 Å². The molecule has 1 heterocycles. The van der Waals surface area contributed by atoms with Gasteiger partial charge in [-0.05, 0) is 36.6 Å². The molecule has 4 N–H and O–H groups in total. The molecule has 0 aliphatic carbocycles. The molecule has 7 nitrogen and oxygen atoms in total. The molecule has 1 amide bonds. The number of carbonyl (C=O) groups excluding carboxylic acids is 1. The highest BCUT2D eigenvalue weighted by molar-refractivity contribution is 7.90. The number of benzene rings is 2. The van der Waals surface area contributed by atoms with Gasteiger partial charge in [0, 0.05) is 18.7 Å². The second-order valence-electron chi connectivity index (χ2n) is 6.35. The predicted octanol–water partition coefficient (Wildman–Crippen LogP) is 1.67. The van der Waals surface area contributed by atoms with E-state index in [0.29, 0.717) is 30.9 Å². The number of hydrogen-bond donors (Lipinski definition) is 3. The highest BCUT2D eigenvalue weighted by Gasteiger charge is 2.19. The fraction of sp³-hybridized carbons (Fsp3) is 0.263. The number of anilines is 1. The number of nitrogens with one attached hydrogen (secondary N) is 2. The Morgan fingerprint density at radius 3 is 2.63 bits per heavy atom. The highest BCUT2D eigenvalue weighted by Crippen LogP contribution is 2.17. The molecule has 1 aliphatic heterocycles. The first-order valence-electron chi connectivity index (χ1n) is 8.70. The number of amidine groups is 1. The van der Waals surface area contributed by atoms with E-state index in [1.54, 1.807) is 12.1 Å². The molecule has 1 atom stereocenters. The van der Waals surface area contributed by atoms with Gasteiger partial charge in [-0.15, -0.1) is 0 Å². The van der Waals surface area contributed by atoms with Crippen molar-refractivity contribution in [1.82, 2.24) is 4.72 Å². The van der Waals surface area contributed by atoms with Crippen molar-refractivity contribution >= 4 is 27.5 Å². The zero-order valence-electron chi connectivity index (χ0n) is 14.8. The average Bonchev–Trinajstić information content (AvgIpc) is 3.15. The summed E-state index contributed by atoms with van der Waals surface area (Å²) in [4.78, 5) is 16.5. The van der Waals surface area contributed by atoms with Crippen LogP contribution in [0.1, 0.15) is 18.4 Å². The summed E-state index contributed by atoms with van der Waals surface area (Å²) in [5.41, 5.74) is 7.30. The Labute approximate surface area is 158 Å². The third kappa shape index (κ3) is 5.15. The molecule has 8 heteroatoms. The Bertz CT molecular complexity index is 942. The summed E-state index contributed by atoms with van der Waals surface area (Å²) >= 11 is 0. The van der Waals surface area contributed by atoms with E-state index in [1.165, 1.54) is 12.1 Å². The Balaban J connectivity index is 1.67. The van der Waals surface area contributed by atoms with Crippen LogP contribution in [0.5, 0.6) is 0 Å². The number of carbonyl (C=O) groups is 1. The molecule has 0 radical (unpaired) electrons. The molecular weight excluding hydrogens is 364 g/mol. The smallest absolute Gasteiger partial charge is 0.262 e. The molecule has 0 bridgehead atoms. The van der Waals surface area contributed by atoms with E-state index in [2.05, 4.69) is 15.0 Å². The molecule has 0 unspecified atom stereocenters. The molecule has 0 aromatic heterocycles. The van der Waals surface area contributed by atoms with Crippen molar-refractivity contribution in [2.45, 2.75) is 30.2 Å². The highest BCUT2D eigenvalue weighted by atomic mass is 32.2. The molecule has 2 aromatic carbocycles. The lowest BCUT2D eigenvalue weighted by atomic mass is 10.1. The zero-order chi connectivity index (χ0) is 19.3. The Kier molecular flexibility index (Phi) is 5.88. The molecule has 27 heavy (non-hydrogen) atoms. The summed E-state index contributed by atoms with van der Waals surface area (Å²) in [7, 11) is -3.73. The van der Waals surface area contributed by atoms with Crippen LogP contribution >= 0.6 is 0 Å². The van der Waals surface area contributed by atoms with E-state index in [-0.39, 0.29) is 10.8 Å². The normalized spacial score (nSPS) is 15.1. The maximum Gasteiger partial charge on any atom is 0.262 e. The van der Waals surface area contributed by atoms with Crippen LogP contribution in [-0.4, -0.2) is 32.7 Å². The van der Waals surface area contributed by atoms with Gasteiger partial charge >= 0.3 is 0 Å². The van der Waals surface area contributed by atoms with Crippen molar-refractivity contribution in [3.63, 3.8) is 0 Å². The predicted molar refractivity (Wildman–Crippen MR) is 105 cm³/mol. The van der Waals surface area contributed by atoms with Crippen LogP contribution in [0.2, 0.25) is 0 Å². The summed E-state index contributed by atoms with van der Waals surface area (Å²) in [6.45, 7) is 0.632. The minimum Gasteiger partial charge on any atom is -0.325 e. The van der Waals surface area contributed by atoms with Crippen LogP contribution in [0.4, 0.5) is 5.69 Å².